The number of aryl methyl sites for hydroxylation is 2. The molecule has 0 spiro atoms. The summed E-state index contributed by atoms with van der Waals surface area (Å²) in [4.78, 5) is 27.2. The van der Waals surface area contributed by atoms with Crippen molar-refractivity contribution < 1.29 is 14.3 Å². The number of esters is 1. The van der Waals surface area contributed by atoms with Crippen LogP contribution in [-0.2, 0) is 16.1 Å². The minimum Gasteiger partial charge on any atom is -0.444 e. The maximum Gasteiger partial charge on any atom is 0.343 e. The molecule has 1 aromatic heterocycles. The zero-order valence-corrected chi connectivity index (χ0v) is 18.0. The standard InChI is InChI=1S/C24H27N3O3/c1-16-11-13-19(14-12-16)15-27-18(3)21(17(2)25-27)24(29)30-22(23(28)26(4)5)20-9-7-6-8-10-20/h6-14,22H,15H2,1-5H3/t22-/m0/s1. The van der Waals surface area contributed by atoms with Gasteiger partial charge in [-0.25, -0.2) is 4.79 Å². The van der Waals surface area contributed by atoms with Gasteiger partial charge in [-0.1, -0.05) is 60.2 Å². The number of hydrogen-bond donors (Lipinski definition) is 0. The molecule has 3 rings (SSSR count). The van der Waals surface area contributed by atoms with E-state index in [2.05, 4.69) is 5.10 Å². The number of rotatable bonds is 6. The molecule has 0 bridgehead atoms. The Morgan fingerprint density at radius 3 is 2.23 bits per heavy atom. The zero-order chi connectivity index (χ0) is 21.8. The van der Waals surface area contributed by atoms with Gasteiger partial charge in [0.25, 0.3) is 5.91 Å². The van der Waals surface area contributed by atoms with Crippen LogP contribution in [0.4, 0.5) is 0 Å². The highest BCUT2D eigenvalue weighted by atomic mass is 16.5. The van der Waals surface area contributed by atoms with Gasteiger partial charge in [-0.3, -0.25) is 9.48 Å². The molecule has 0 saturated carbocycles. The van der Waals surface area contributed by atoms with Crippen molar-refractivity contribution in [3.63, 3.8) is 0 Å². The van der Waals surface area contributed by atoms with E-state index in [1.54, 1.807) is 37.8 Å². The number of aromatic nitrogens is 2. The molecule has 0 aliphatic heterocycles. The molecule has 3 aromatic rings. The van der Waals surface area contributed by atoms with Crippen LogP contribution in [0.5, 0.6) is 0 Å². The molecule has 0 aliphatic carbocycles. The lowest BCUT2D eigenvalue weighted by atomic mass is 10.1. The number of hydrogen-bond acceptors (Lipinski definition) is 4. The molecule has 0 unspecified atom stereocenters. The highest BCUT2D eigenvalue weighted by Gasteiger charge is 2.29. The molecular formula is C24H27N3O3. The minimum atomic E-state index is -1.01. The van der Waals surface area contributed by atoms with E-state index in [4.69, 9.17) is 4.74 Å². The average Bonchev–Trinajstić information content (AvgIpc) is 3.00. The summed E-state index contributed by atoms with van der Waals surface area (Å²) in [7, 11) is 3.28. The Morgan fingerprint density at radius 1 is 1.00 bits per heavy atom. The summed E-state index contributed by atoms with van der Waals surface area (Å²) in [6.45, 7) is 6.22. The van der Waals surface area contributed by atoms with Crippen molar-refractivity contribution in [1.82, 2.24) is 14.7 Å². The summed E-state index contributed by atoms with van der Waals surface area (Å²) in [6.07, 6.45) is -1.01. The van der Waals surface area contributed by atoms with Gasteiger partial charge in [-0.05, 0) is 26.3 Å². The Balaban J connectivity index is 1.87. The van der Waals surface area contributed by atoms with Gasteiger partial charge in [-0.2, -0.15) is 5.10 Å². The van der Waals surface area contributed by atoms with E-state index in [0.717, 1.165) is 5.56 Å². The van der Waals surface area contributed by atoms with Gasteiger partial charge in [0.1, 0.15) is 5.56 Å². The van der Waals surface area contributed by atoms with E-state index >= 15 is 0 Å². The summed E-state index contributed by atoms with van der Waals surface area (Å²) in [6, 6.07) is 17.2. The molecule has 6 heteroatoms. The third kappa shape index (κ3) is 4.59. The van der Waals surface area contributed by atoms with Crippen LogP contribution in [0.15, 0.2) is 54.6 Å². The van der Waals surface area contributed by atoms with Gasteiger partial charge >= 0.3 is 5.97 Å². The van der Waals surface area contributed by atoms with Crippen molar-refractivity contribution in [2.24, 2.45) is 0 Å². The fourth-order valence-corrected chi connectivity index (χ4v) is 3.30. The van der Waals surface area contributed by atoms with Gasteiger partial charge < -0.3 is 9.64 Å². The molecule has 0 fully saturated rings. The topological polar surface area (TPSA) is 64.4 Å². The Hall–Kier alpha value is -3.41. The first-order chi connectivity index (χ1) is 14.3. The van der Waals surface area contributed by atoms with Crippen LogP contribution < -0.4 is 0 Å². The van der Waals surface area contributed by atoms with Crippen LogP contribution in [0.25, 0.3) is 0 Å². The SMILES string of the molecule is Cc1ccc(Cn2nc(C)c(C(=O)O[C@H](C(=O)N(C)C)c3ccccc3)c2C)cc1. The third-order valence-electron chi connectivity index (χ3n) is 5.03. The van der Waals surface area contributed by atoms with Crippen molar-refractivity contribution in [3.05, 3.63) is 88.2 Å². The van der Waals surface area contributed by atoms with E-state index in [-0.39, 0.29) is 5.91 Å². The normalized spacial score (nSPS) is 11.8. The van der Waals surface area contributed by atoms with Gasteiger partial charge in [0, 0.05) is 19.7 Å². The summed E-state index contributed by atoms with van der Waals surface area (Å²) < 4.78 is 7.50. The van der Waals surface area contributed by atoms with Crippen molar-refractivity contribution in [1.29, 1.82) is 0 Å². The summed E-state index contributed by atoms with van der Waals surface area (Å²) in [5, 5.41) is 4.53. The molecule has 6 nitrogen and oxygen atoms in total. The average molecular weight is 405 g/mol. The van der Waals surface area contributed by atoms with Crippen LogP contribution >= 0.6 is 0 Å². The van der Waals surface area contributed by atoms with Crippen molar-refractivity contribution in [2.45, 2.75) is 33.4 Å². The smallest absolute Gasteiger partial charge is 0.343 e. The molecule has 0 N–H and O–H groups in total. The highest BCUT2D eigenvalue weighted by molar-refractivity contribution is 5.94. The monoisotopic (exact) mass is 405 g/mol. The van der Waals surface area contributed by atoms with E-state index < -0.39 is 12.1 Å². The van der Waals surface area contributed by atoms with Crippen LogP contribution in [0, 0.1) is 20.8 Å². The molecule has 30 heavy (non-hydrogen) atoms. The largest absolute Gasteiger partial charge is 0.444 e. The van der Waals surface area contributed by atoms with E-state index in [1.165, 1.54) is 10.5 Å². The quantitative estimate of drug-likeness (QED) is 0.585. The number of benzene rings is 2. The lowest BCUT2D eigenvalue weighted by molar-refractivity contribution is -0.138. The molecule has 0 radical (unpaired) electrons. The van der Waals surface area contributed by atoms with E-state index in [0.29, 0.717) is 29.1 Å². The van der Waals surface area contributed by atoms with Gasteiger partial charge in [0.05, 0.1) is 17.9 Å². The predicted octanol–water partition coefficient (Wildman–Crippen LogP) is 3.84. The number of nitrogens with zero attached hydrogens (tertiary/aromatic N) is 3. The summed E-state index contributed by atoms with van der Waals surface area (Å²) >= 11 is 0. The molecule has 2 aromatic carbocycles. The third-order valence-corrected chi connectivity index (χ3v) is 5.03. The van der Waals surface area contributed by atoms with Crippen LogP contribution in [0.1, 0.15) is 44.5 Å². The minimum absolute atomic E-state index is 0.295. The Kier molecular flexibility index (Phi) is 6.35. The number of amides is 1. The molecule has 1 amide bonds. The van der Waals surface area contributed by atoms with Gasteiger partial charge in [0.2, 0.25) is 6.10 Å². The molecule has 1 heterocycles. The Morgan fingerprint density at radius 2 is 1.63 bits per heavy atom. The predicted molar refractivity (Wildman–Crippen MR) is 115 cm³/mol. The van der Waals surface area contributed by atoms with E-state index in [1.807, 2.05) is 56.3 Å². The van der Waals surface area contributed by atoms with Gasteiger partial charge in [-0.15, -0.1) is 0 Å². The summed E-state index contributed by atoms with van der Waals surface area (Å²) in [5.74, 6) is -0.846. The van der Waals surface area contributed by atoms with Crippen molar-refractivity contribution in [2.75, 3.05) is 14.1 Å². The molecular weight excluding hydrogens is 378 g/mol. The van der Waals surface area contributed by atoms with Gasteiger partial charge in [0.15, 0.2) is 0 Å². The second-order valence-electron chi connectivity index (χ2n) is 7.62. The Bertz CT molecular complexity index is 1040. The summed E-state index contributed by atoms with van der Waals surface area (Å²) in [5.41, 5.74) is 4.60. The number of likely N-dealkylation sites (N-methyl/N-ethyl adjacent to an activating group) is 1. The fraction of sp³-hybridized carbons (Fsp3) is 0.292. The second kappa shape index (κ2) is 8.95. The van der Waals surface area contributed by atoms with Crippen LogP contribution in [0.3, 0.4) is 0 Å². The maximum absolute atomic E-state index is 13.1. The molecule has 0 saturated heterocycles. The number of ether oxygens (including phenoxy) is 1. The van der Waals surface area contributed by atoms with Crippen LogP contribution in [-0.4, -0.2) is 40.7 Å². The highest BCUT2D eigenvalue weighted by Crippen LogP contribution is 2.24. The molecule has 1 atom stereocenters. The second-order valence-corrected chi connectivity index (χ2v) is 7.62. The number of carbonyl (C=O) groups is 2. The van der Waals surface area contributed by atoms with Crippen molar-refractivity contribution in [3.8, 4) is 0 Å². The number of carbonyl (C=O) groups excluding carboxylic acids is 2. The van der Waals surface area contributed by atoms with E-state index in [9.17, 15) is 9.59 Å². The zero-order valence-electron chi connectivity index (χ0n) is 18.0. The lowest BCUT2D eigenvalue weighted by Crippen LogP contribution is -2.31. The first kappa shape index (κ1) is 21.3. The Labute approximate surface area is 177 Å². The maximum atomic E-state index is 13.1. The van der Waals surface area contributed by atoms with Crippen molar-refractivity contribution >= 4 is 11.9 Å². The first-order valence-electron chi connectivity index (χ1n) is 9.84. The fourth-order valence-electron chi connectivity index (χ4n) is 3.30. The lowest BCUT2D eigenvalue weighted by Gasteiger charge is -2.21. The van der Waals surface area contributed by atoms with Crippen LogP contribution in [0.2, 0.25) is 0 Å². The molecule has 0 aliphatic rings. The molecule has 156 valence electrons. The first-order valence-corrected chi connectivity index (χ1v) is 9.84.